The van der Waals surface area contributed by atoms with Gasteiger partial charge in [0.05, 0.1) is 10.6 Å². The molecule has 0 aliphatic rings. The minimum Gasteiger partial charge on any atom is -0.507 e. The van der Waals surface area contributed by atoms with E-state index in [1.54, 1.807) is 6.92 Å². The number of halogens is 2. The number of hydrogen-bond donors (Lipinski definition) is 2. The second kappa shape index (κ2) is 4.97. The van der Waals surface area contributed by atoms with Crippen LogP contribution in [0.3, 0.4) is 0 Å². The van der Waals surface area contributed by atoms with Crippen molar-refractivity contribution >= 4 is 29.1 Å². The van der Waals surface area contributed by atoms with Crippen molar-refractivity contribution in [3.05, 3.63) is 40.2 Å². The smallest absolute Gasteiger partial charge is 0.376 e. The molecule has 1 aromatic carbocycles. The van der Waals surface area contributed by atoms with Gasteiger partial charge in [0, 0.05) is 6.08 Å². The Morgan fingerprint density at radius 2 is 1.94 bits per heavy atom. The van der Waals surface area contributed by atoms with E-state index in [9.17, 15) is 19.1 Å². The summed E-state index contributed by atoms with van der Waals surface area (Å²) in [4.78, 5) is 21.1. The Bertz CT molecular complexity index is 522. The lowest BCUT2D eigenvalue weighted by Gasteiger charge is -2.07. The van der Waals surface area contributed by atoms with E-state index in [0.717, 1.165) is 6.07 Å². The van der Waals surface area contributed by atoms with Gasteiger partial charge in [-0.2, -0.15) is 0 Å². The molecule has 1 aromatic rings. The van der Waals surface area contributed by atoms with Crippen molar-refractivity contribution in [3.8, 4) is 0 Å². The molecule has 0 atom stereocenters. The Morgan fingerprint density at radius 3 is 2.47 bits per heavy atom. The van der Waals surface area contributed by atoms with E-state index >= 15 is 0 Å². The van der Waals surface area contributed by atoms with E-state index in [4.69, 9.17) is 16.7 Å². The second-order valence-electron chi connectivity index (χ2n) is 3.25. The maximum atomic E-state index is 13.4. The molecule has 1 rings (SSSR count). The van der Waals surface area contributed by atoms with Crippen LogP contribution in [0.2, 0.25) is 5.02 Å². The Kier molecular flexibility index (Phi) is 3.85. The highest BCUT2D eigenvalue weighted by atomic mass is 35.5. The van der Waals surface area contributed by atoms with Crippen molar-refractivity contribution in [2.75, 3.05) is 0 Å². The van der Waals surface area contributed by atoms with Gasteiger partial charge < -0.3 is 10.2 Å². The second-order valence-corrected chi connectivity index (χ2v) is 3.63. The molecule has 0 saturated heterocycles. The van der Waals surface area contributed by atoms with E-state index in [2.05, 4.69) is 0 Å². The number of aliphatic hydroxyl groups is 1. The fourth-order valence-electron chi connectivity index (χ4n) is 1.15. The highest BCUT2D eigenvalue weighted by Gasteiger charge is 2.17. The van der Waals surface area contributed by atoms with Crippen molar-refractivity contribution < 1.29 is 24.2 Å². The van der Waals surface area contributed by atoms with Crippen LogP contribution in [0.1, 0.15) is 11.1 Å². The van der Waals surface area contributed by atoms with Crippen LogP contribution in [0.4, 0.5) is 4.39 Å². The minimum atomic E-state index is -1.75. The average Bonchev–Trinajstić information content (AvgIpc) is 2.24. The van der Waals surface area contributed by atoms with Crippen LogP contribution in [0.25, 0.3) is 5.76 Å². The van der Waals surface area contributed by atoms with Gasteiger partial charge in [0.1, 0.15) is 11.6 Å². The predicted molar refractivity (Wildman–Crippen MR) is 59.4 cm³/mol. The molecule has 0 heterocycles. The zero-order chi connectivity index (χ0) is 13.2. The molecule has 0 saturated carbocycles. The van der Waals surface area contributed by atoms with Gasteiger partial charge in [-0.3, -0.25) is 4.79 Å². The number of aryl methyl sites for hydroxylation is 1. The Labute approximate surface area is 101 Å². The lowest BCUT2D eigenvalue weighted by atomic mass is 10.1. The van der Waals surface area contributed by atoms with Gasteiger partial charge in [-0.25, -0.2) is 9.18 Å². The quantitative estimate of drug-likeness (QED) is 0.496. The van der Waals surface area contributed by atoms with E-state index in [0.29, 0.717) is 11.6 Å². The molecule has 0 aromatic heterocycles. The summed E-state index contributed by atoms with van der Waals surface area (Å²) < 4.78 is 13.4. The summed E-state index contributed by atoms with van der Waals surface area (Å²) in [5.74, 6) is -4.77. The predicted octanol–water partition coefficient (Wildman–Crippen LogP) is 2.34. The number of ketones is 1. The molecule has 4 nitrogen and oxygen atoms in total. The number of hydrogen-bond acceptors (Lipinski definition) is 3. The lowest BCUT2D eigenvalue weighted by molar-refractivity contribution is -0.146. The van der Waals surface area contributed by atoms with Crippen LogP contribution < -0.4 is 0 Å². The SMILES string of the molecule is Cc1ccc(F)c(/C(O)=C/C(=O)C(=O)O)c1Cl. The van der Waals surface area contributed by atoms with Gasteiger partial charge in [-0.15, -0.1) is 0 Å². The number of carbonyl (C=O) groups is 2. The zero-order valence-corrected chi connectivity index (χ0v) is 9.45. The number of carboxylic acids is 1. The van der Waals surface area contributed by atoms with E-state index < -0.39 is 23.3 Å². The van der Waals surface area contributed by atoms with Crippen LogP contribution in [0, 0.1) is 12.7 Å². The van der Waals surface area contributed by atoms with Crippen LogP contribution in [0.5, 0.6) is 0 Å². The first-order valence-corrected chi connectivity index (χ1v) is 4.85. The number of benzene rings is 1. The molecule has 0 aliphatic carbocycles. The summed E-state index contributed by atoms with van der Waals surface area (Å²) in [6.07, 6.45) is 0.409. The first kappa shape index (κ1) is 13.2. The summed E-state index contributed by atoms with van der Waals surface area (Å²) in [5.41, 5.74) is 0.104. The fourth-order valence-corrected chi connectivity index (χ4v) is 1.40. The molecule has 0 radical (unpaired) electrons. The Hall–Kier alpha value is -1.88. The standard InChI is InChI=1S/C11H8ClFO4/c1-5-2-3-6(13)9(10(5)12)7(14)4-8(15)11(16)17/h2-4,14H,1H3,(H,16,17)/b7-4-. The molecular weight excluding hydrogens is 251 g/mol. The van der Waals surface area contributed by atoms with Gasteiger partial charge in [0.25, 0.3) is 5.78 Å². The molecule has 0 bridgehead atoms. The maximum absolute atomic E-state index is 13.4. The van der Waals surface area contributed by atoms with E-state index in [1.165, 1.54) is 6.07 Å². The normalized spacial score (nSPS) is 11.4. The molecule has 0 spiro atoms. The molecule has 2 N–H and O–H groups in total. The topological polar surface area (TPSA) is 74.6 Å². The van der Waals surface area contributed by atoms with E-state index in [-0.39, 0.29) is 10.6 Å². The third-order valence-corrected chi connectivity index (χ3v) is 2.51. The van der Waals surface area contributed by atoms with E-state index in [1.807, 2.05) is 0 Å². The van der Waals surface area contributed by atoms with Gasteiger partial charge >= 0.3 is 5.97 Å². The number of carboxylic acid groups (broad SMARTS) is 1. The largest absolute Gasteiger partial charge is 0.507 e. The van der Waals surface area contributed by atoms with Crippen molar-refractivity contribution in [1.82, 2.24) is 0 Å². The van der Waals surface area contributed by atoms with Crippen LogP contribution in [-0.2, 0) is 9.59 Å². The molecular formula is C11H8ClFO4. The molecule has 6 heteroatoms. The highest BCUT2D eigenvalue weighted by molar-refractivity contribution is 6.39. The van der Waals surface area contributed by atoms with Crippen LogP contribution >= 0.6 is 11.6 Å². The average molecular weight is 259 g/mol. The number of carbonyl (C=O) groups excluding carboxylic acids is 1. The van der Waals surface area contributed by atoms with Crippen molar-refractivity contribution in [1.29, 1.82) is 0 Å². The first-order valence-electron chi connectivity index (χ1n) is 4.47. The summed E-state index contributed by atoms with van der Waals surface area (Å²) in [6, 6.07) is 2.46. The lowest BCUT2D eigenvalue weighted by Crippen LogP contribution is -2.10. The van der Waals surface area contributed by atoms with Crippen LogP contribution in [0.15, 0.2) is 18.2 Å². The Balaban J connectivity index is 3.30. The van der Waals surface area contributed by atoms with Gasteiger partial charge in [-0.05, 0) is 18.6 Å². The molecule has 0 unspecified atom stereocenters. The fraction of sp³-hybridized carbons (Fsp3) is 0.0909. The molecule has 17 heavy (non-hydrogen) atoms. The third-order valence-electron chi connectivity index (χ3n) is 2.02. The number of rotatable bonds is 3. The summed E-state index contributed by atoms with van der Waals surface area (Å²) in [5, 5.41) is 17.7. The minimum absolute atomic E-state index is 0.0723. The monoisotopic (exact) mass is 258 g/mol. The number of aliphatic carboxylic acids is 1. The van der Waals surface area contributed by atoms with Gasteiger partial charge in [0.2, 0.25) is 0 Å². The van der Waals surface area contributed by atoms with Crippen molar-refractivity contribution in [2.45, 2.75) is 6.92 Å². The Morgan fingerprint density at radius 1 is 1.35 bits per heavy atom. The molecule has 0 fully saturated rings. The van der Waals surface area contributed by atoms with Crippen molar-refractivity contribution in [2.24, 2.45) is 0 Å². The molecule has 90 valence electrons. The molecule has 0 aliphatic heterocycles. The first-order chi connectivity index (χ1) is 7.84. The molecule has 0 amide bonds. The van der Waals surface area contributed by atoms with Gasteiger partial charge in [0.15, 0.2) is 0 Å². The van der Waals surface area contributed by atoms with Crippen molar-refractivity contribution in [3.63, 3.8) is 0 Å². The summed E-state index contributed by atoms with van der Waals surface area (Å²) in [6.45, 7) is 1.58. The highest BCUT2D eigenvalue weighted by Crippen LogP contribution is 2.28. The van der Waals surface area contributed by atoms with Gasteiger partial charge in [-0.1, -0.05) is 17.7 Å². The number of aliphatic hydroxyl groups excluding tert-OH is 1. The zero-order valence-electron chi connectivity index (χ0n) is 8.70. The van der Waals surface area contributed by atoms with Crippen LogP contribution in [-0.4, -0.2) is 22.0 Å². The third kappa shape index (κ3) is 2.82. The summed E-state index contributed by atoms with van der Waals surface area (Å²) >= 11 is 5.76. The summed E-state index contributed by atoms with van der Waals surface area (Å²) in [7, 11) is 0. The maximum Gasteiger partial charge on any atom is 0.376 e.